The van der Waals surface area contributed by atoms with E-state index in [2.05, 4.69) is 67.6 Å². The SMILES string of the molecule is Pc1cccc([C]23[CH]4[CH]5[CH]6[CH]2[Fe]56432789[CH]3[CH]2[CH]7[CH]8[CH]39)c1-c1ccccc1Br. The third-order valence-corrected chi connectivity index (χ3v) is 60.8. The fourth-order valence-corrected chi connectivity index (χ4v) is 93.8. The van der Waals surface area contributed by atoms with Crippen LogP contribution in [0.15, 0.2) is 46.9 Å². The second-order valence-electron chi connectivity index (χ2n) is 12.9. The zero-order chi connectivity index (χ0) is 15.8. The van der Waals surface area contributed by atoms with Crippen molar-refractivity contribution < 1.29 is 6.51 Å². The molecule has 0 bridgehead atoms. The molecule has 2 aromatic rings. The Morgan fingerprint density at radius 2 is 1.44 bits per heavy atom. The van der Waals surface area contributed by atoms with E-state index in [1.165, 1.54) is 58.7 Å². The third-order valence-electron chi connectivity index (χ3n) is 17.3. The Labute approximate surface area is 147 Å². The summed E-state index contributed by atoms with van der Waals surface area (Å²) in [7, 11) is 3.08. The molecule has 10 aliphatic heterocycles. The first kappa shape index (κ1) is 11.0. The van der Waals surface area contributed by atoms with Crippen LogP contribution in [0.1, 0.15) is 5.56 Å². The Balaban J connectivity index is 1.33. The predicted octanol–water partition coefficient (Wildman–Crippen LogP) is 6.41. The number of benzene rings is 2. The number of halogens is 1. The molecule has 10 heterocycles. The topological polar surface area (TPSA) is 0 Å². The first-order chi connectivity index (χ1) is 12.0. The van der Waals surface area contributed by atoms with E-state index in [1.54, 1.807) is 5.56 Å². The molecule has 25 heavy (non-hydrogen) atoms. The summed E-state index contributed by atoms with van der Waals surface area (Å²) in [5, 5.41) is 1.43. The van der Waals surface area contributed by atoms with E-state index >= 15 is 0 Å². The van der Waals surface area contributed by atoms with Crippen molar-refractivity contribution in [3.8, 4) is 11.1 Å². The molecule has 0 saturated carbocycles. The number of fused-ring (bicyclic) bond motifs is 10. The van der Waals surface area contributed by atoms with Gasteiger partial charge in [0.15, 0.2) is 0 Å². The van der Waals surface area contributed by atoms with E-state index in [0.717, 1.165) is 4.31 Å². The molecule has 5 atom stereocenters. The standard InChI is InChI=1S/C17H13BrP.C5H5.Fe/c18-15-10-4-3-8-14(15)17-13(9-5-11-16(17)19)12-6-1-2-7-12;1-2-4-5-3-1;/h1-11H,19H2;1-5H;. The van der Waals surface area contributed by atoms with E-state index in [-0.39, 0.29) is 0 Å². The molecular weight excluding hydrogens is 431 g/mol. The Bertz CT molecular complexity index is 1480. The van der Waals surface area contributed by atoms with Gasteiger partial charge in [0.25, 0.3) is 0 Å². The van der Waals surface area contributed by atoms with Crippen LogP contribution in [0.3, 0.4) is 0 Å². The molecule has 0 N–H and O–H groups in total. The van der Waals surface area contributed by atoms with Crippen LogP contribution in [0, 0.1) is 0 Å². The fraction of sp³-hybridized carbons (Fsp3) is 0.455. The normalized spacial score (nSPS) is 84.6. The molecule has 2 aromatic carbocycles. The maximum absolute atomic E-state index is 3.88. The third kappa shape index (κ3) is 0.186. The average Bonchev–Trinajstić information content (AvgIpc) is 3.55. The quantitative estimate of drug-likeness (QED) is 0.367. The second kappa shape index (κ2) is 1.25. The molecule has 1 spiro atoms. The van der Waals surface area contributed by atoms with Gasteiger partial charge in [0.1, 0.15) is 0 Å². The number of hydrogen-bond donors (Lipinski definition) is 0. The maximum atomic E-state index is 3.88. The zero-order valence-electron chi connectivity index (χ0n) is 13.5. The molecule has 0 radical (unpaired) electrons. The molecule has 0 nitrogen and oxygen atoms in total. The van der Waals surface area contributed by atoms with Crippen molar-refractivity contribution in [3.63, 3.8) is 0 Å². The van der Waals surface area contributed by atoms with E-state index in [0.29, 0.717) is 0 Å². The molecule has 5 unspecified atom stereocenters. The summed E-state index contributed by atoms with van der Waals surface area (Å²) in [5.41, 5.74) is 4.91. The van der Waals surface area contributed by atoms with Crippen LogP contribution in [-0.2, 0) is 10.8 Å². The summed E-state index contributed by atoms with van der Waals surface area (Å²) in [6.45, 7) is -3.12. The Hall–Kier alpha value is -0.131. The summed E-state index contributed by atoms with van der Waals surface area (Å²) in [6, 6.07) is 16.3. The van der Waals surface area contributed by atoms with Crippen LogP contribution in [0.5, 0.6) is 0 Å². The Kier molecular flexibility index (Phi) is 0.551. The van der Waals surface area contributed by atoms with Crippen LogP contribution in [0.25, 0.3) is 11.1 Å². The minimum absolute atomic E-state index is 0.830. The van der Waals surface area contributed by atoms with Gasteiger partial charge in [-0.1, -0.05) is 0 Å². The minimum atomic E-state index is -3.12. The molecule has 126 valence electrons. The Morgan fingerprint density at radius 1 is 0.800 bits per heavy atom. The van der Waals surface area contributed by atoms with Gasteiger partial charge in [0, 0.05) is 0 Å². The van der Waals surface area contributed by atoms with Gasteiger partial charge in [-0.3, -0.25) is 0 Å². The van der Waals surface area contributed by atoms with Gasteiger partial charge in [-0.05, 0) is 0 Å². The van der Waals surface area contributed by atoms with Crippen molar-refractivity contribution in [2.45, 2.75) is 47.7 Å². The molecular formula is C22H18BrFeP. The van der Waals surface area contributed by atoms with Crippen molar-refractivity contribution >= 4 is 30.5 Å². The summed E-state index contributed by atoms with van der Waals surface area (Å²) < 4.78 is 2.11. The second-order valence-corrected chi connectivity index (χ2v) is 38.0. The summed E-state index contributed by atoms with van der Waals surface area (Å²) in [5.74, 6) is 0. The molecule has 10 aliphatic rings. The monoisotopic (exact) mass is 448 g/mol. The van der Waals surface area contributed by atoms with E-state index in [1.807, 2.05) is 5.56 Å². The first-order valence-electron chi connectivity index (χ1n) is 9.81. The van der Waals surface area contributed by atoms with Crippen molar-refractivity contribution in [1.82, 2.24) is 0 Å². The molecule has 10 fully saturated rings. The van der Waals surface area contributed by atoms with E-state index in [4.69, 9.17) is 0 Å². The van der Waals surface area contributed by atoms with Crippen molar-refractivity contribution in [2.75, 3.05) is 0 Å². The number of hydrogen-bond acceptors (Lipinski definition) is 0. The van der Waals surface area contributed by atoms with E-state index in [9.17, 15) is 0 Å². The van der Waals surface area contributed by atoms with Gasteiger partial charge >= 0.3 is 148 Å². The summed E-state index contributed by atoms with van der Waals surface area (Å²) in [4.78, 5) is 12.4. The fourth-order valence-electron chi connectivity index (χ4n) is 18.8. The molecule has 0 aromatic heterocycles. The first-order valence-corrected chi connectivity index (χ1v) is 17.5. The van der Waals surface area contributed by atoms with Gasteiger partial charge in [0.2, 0.25) is 0 Å². The summed E-state index contributed by atoms with van der Waals surface area (Å²) >= 11 is 3.88. The molecule has 0 amide bonds. The van der Waals surface area contributed by atoms with Gasteiger partial charge < -0.3 is 0 Å². The zero-order valence-corrected chi connectivity index (χ0v) is 17.4. The van der Waals surface area contributed by atoms with Gasteiger partial charge in [0.05, 0.1) is 0 Å². The van der Waals surface area contributed by atoms with Crippen LogP contribution >= 0.6 is 25.2 Å². The number of rotatable bonds is 2. The van der Waals surface area contributed by atoms with Crippen molar-refractivity contribution in [1.29, 1.82) is 0 Å². The predicted molar refractivity (Wildman–Crippen MR) is 104 cm³/mol. The van der Waals surface area contributed by atoms with Crippen LogP contribution in [-0.4, -0.2) is 0 Å². The van der Waals surface area contributed by atoms with Gasteiger partial charge in [-0.25, -0.2) is 0 Å². The van der Waals surface area contributed by atoms with E-state index < -0.39 is 6.51 Å². The molecule has 3 heteroatoms. The molecule has 12 rings (SSSR count). The van der Waals surface area contributed by atoms with Crippen LogP contribution in [0.4, 0.5) is 0 Å². The average molecular weight is 449 g/mol. The molecule has 0 aliphatic carbocycles. The summed E-state index contributed by atoms with van der Waals surface area (Å²) in [6.07, 6.45) is 0. The van der Waals surface area contributed by atoms with Gasteiger partial charge in [-0.2, -0.15) is 0 Å². The van der Waals surface area contributed by atoms with Crippen molar-refractivity contribution in [2.24, 2.45) is 0 Å². The Morgan fingerprint density at radius 3 is 1.96 bits per heavy atom. The molecule has 10 saturated heterocycles. The van der Waals surface area contributed by atoms with Gasteiger partial charge in [-0.15, -0.1) is 0 Å². The van der Waals surface area contributed by atoms with Crippen molar-refractivity contribution in [3.05, 3.63) is 52.5 Å². The van der Waals surface area contributed by atoms with Crippen LogP contribution in [0.2, 0.25) is 43.3 Å². The van der Waals surface area contributed by atoms with Crippen LogP contribution < -0.4 is 5.30 Å².